The normalized spacial score (nSPS) is 18.6. The highest BCUT2D eigenvalue weighted by atomic mass is 79.9. The van der Waals surface area contributed by atoms with Gasteiger partial charge < -0.3 is 4.90 Å². The van der Waals surface area contributed by atoms with E-state index in [1.54, 1.807) is 0 Å². The van der Waals surface area contributed by atoms with Crippen molar-refractivity contribution in [2.45, 2.75) is 38.3 Å². The van der Waals surface area contributed by atoms with E-state index < -0.39 is 0 Å². The van der Waals surface area contributed by atoms with Crippen LogP contribution >= 0.6 is 15.9 Å². The maximum absolute atomic E-state index is 12.3. The van der Waals surface area contributed by atoms with Gasteiger partial charge in [-0.3, -0.25) is 4.79 Å². The molecule has 0 radical (unpaired) electrons. The lowest BCUT2D eigenvalue weighted by molar-refractivity contribution is -0.132. The van der Waals surface area contributed by atoms with Crippen LogP contribution in [0.2, 0.25) is 0 Å². The van der Waals surface area contributed by atoms with Gasteiger partial charge in [-0.25, -0.2) is 0 Å². The molecule has 0 bridgehead atoms. The van der Waals surface area contributed by atoms with Gasteiger partial charge in [0, 0.05) is 12.6 Å². The fraction of sp³-hybridized carbons (Fsp3) is 0.562. The predicted octanol–water partition coefficient (Wildman–Crippen LogP) is 3.60. The maximum atomic E-state index is 12.3. The fourth-order valence-corrected chi connectivity index (χ4v) is 3.31. The molecule has 2 fully saturated rings. The molecule has 0 spiro atoms. The molecule has 0 saturated heterocycles. The highest BCUT2D eigenvalue weighted by molar-refractivity contribution is 9.09. The number of rotatable bonds is 6. The van der Waals surface area contributed by atoms with Crippen molar-refractivity contribution in [1.82, 2.24) is 4.90 Å². The van der Waals surface area contributed by atoms with E-state index in [2.05, 4.69) is 45.1 Å². The second-order valence-corrected chi connectivity index (χ2v) is 6.37. The molecule has 3 heteroatoms. The Bertz CT molecular complexity index is 427. The van der Waals surface area contributed by atoms with E-state index in [0.29, 0.717) is 11.4 Å². The first-order valence-corrected chi connectivity index (χ1v) is 8.31. The molecule has 3 rings (SSSR count). The average Bonchev–Trinajstić information content (AvgIpc) is 3.32. The van der Waals surface area contributed by atoms with E-state index in [1.807, 2.05) is 6.07 Å². The monoisotopic (exact) mass is 321 g/mol. The number of amides is 1. The molecule has 0 N–H and O–H groups in total. The third-order valence-corrected chi connectivity index (χ3v) is 4.68. The molecular formula is C16H20BrNO. The highest BCUT2D eigenvalue weighted by Crippen LogP contribution is 2.47. The molecule has 0 atom stereocenters. The lowest BCUT2D eigenvalue weighted by Crippen LogP contribution is -2.43. The lowest BCUT2D eigenvalue weighted by Gasteiger charge is -2.32. The first-order valence-electron chi connectivity index (χ1n) is 7.19. The summed E-state index contributed by atoms with van der Waals surface area (Å²) in [5, 5.41) is 0.440. The fourth-order valence-electron chi connectivity index (χ4n) is 2.99. The van der Waals surface area contributed by atoms with Gasteiger partial charge in [0.1, 0.15) is 0 Å². The number of hydrogen-bond donors (Lipinski definition) is 0. The molecule has 0 aromatic heterocycles. The van der Waals surface area contributed by atoms with E-state index in [4.69, 9.17) is 0 Å². The molecule has 102 valence electrons. The van der Waals surface area contributed by atoms with Crippen molar-refractivity contribution >= 4 is 21.8 Å². The van der Waals surface area contributed by atoms with Crippen LogP contribution in [0.3, 0.4) is 0 Å². The first kappa shape index (κ1) is 13.2. The Kier molecular flexibility index (Phi) is 3.92. The van der Waals surface area contributed by atoms with Crippen LogP contribution in [0.4, 0.5) is 0 Å². The number of alkyl halides is 1. The summed E-state index contributed by atoms with van der Waals surface area (Å²) in [7, 11) is 0. The Labute approximate surface area is 123 Å². The molecule has 2 aliphatic rings. The topological polar surface area (TPSA) is 20.3 Å². The van der Waals surface area contributed by atoms with Crippen molar-refractivity contribution in [2.75, 3.05) is 5.33 Å². The maximum Gasteiger partial charge on any atom is 0.233 e. The second kappa shape index (κ2) is 5.66. The number of hydrogen-bond acceptors (Lipinski definition) is 1. The van der Waals surface area contributed by atoms with Crippen LogP contribution in [0.15, 0.2) is 30.3 Å². The summed E-state index contributed by atoms with van der Waals surface area (Å²) in [5.74, 6) is 1.77. The summed E-state index contributed by atoms with van der Waals surface area (Å²) >= 11 is 3.34. The summed E-state index contributed by atoms with van der Waals surface area (Å²) in [5.41, 5.74) is 1.24. The van der Waals surface area contributed by atoms with Gasteiger partial charge in [-0.1, -0.05) is 46.3 Å². The van der Waals surface area contributed by atoms with Crippen molar-refractivity contribution in [2.24, 2.45) is 11.8 Å². The van der Waals surface area contributed by atoms with Crippen molar-refractivity contribution < 1.29 is 4.79 Å². The van der Waals surface area contributed by atoms with E-state index in [9.17, 15) is 4.79 Å². The Hall–Kier alpha value is -0.830. The van der Waals surface area contributed by atoms with Crippen LogP contribution in [0.25, 0.3) is 0 Å². The van der Waals surface area contributed by atoms with Crippen LogP contribution in [-0.2, 0) is 11.3 Å². The standard InChI is InChI=1S/C16H20BrNO/c17-10-15(19)18(11-12-4-2-1-3-5-12)16(13-6-7-13)14-8-9-14/h1-5,13-14,16H,6-11H2. The van der Waals surface area contributed by atoms with Crippen molar-refractivity contribution in [3.05, 3.63) is 35.9 Å². The Morgan fingerprint density at radius 3 is 2.21 bits per heavy atom. The number of carbonyl (C=O) groups is 1. The van der Waals surface area contributed by atoms with Gasteiger partial charge in [0.05, 0.1) is 5.33 Å². The first-order chi connectivity index (χ1) is 9.29. The molecule has 2 saturated carbocycles. The molecule has 1 aromatic rings. The van der Waals surface area contributed by atoms with E-state index >= 15 is 0 Å². The zero-order valence-corrected chi connectivity index (χ0v) is 12.7. The summed E-state index contributed by atoms with van der Waals surface area (Å²) in [6.07, 6.45) is 5.23. The van der Waals surface area contributed by atoms with Gasteiger partial charge >= 0.3 is 0 Å². The Morgan fingerprint density at radius 2 is 1.74 bits per heavy atom. The molecule has 1 amide bonds. The van der Waals surface area contributed by atoms with Gasteiger partial charge in [-0.05, 0) is 43.1 Å². The Balaban J connectivity index is 1.78. The summed E-state index contributed by atoms with van der Waals surface area (Å²) in [4.78, 5) is 14.4. The van der Waals surface area contributed by atoms with E-state index in [1.165, 1.54) is 31.2 Å². The summed E-state index contributed by atoms with van der Waals surface area (Å²) in [6.45, 7) is 0.767. The minimum absolute atomic E-state index is 0.243. The van der Waals surface area contributed by atoms with Gasteiger partial charge in [-0.2, -0.15) is 0 Å². The van der Waals surface area contributed by atoms with Crippen LogP contribution in [-0.4, -0.2) is 22.2 Å². The van der Waals surface area contributed by atoms with Crippen LogP contribution in [0, 0.1) is 11.8 Å². The minimum atomic E-state index is 0.243. The molecular weight excluding hydrogens is 302 g/mol. The Morgan fingerprint density at radius 1 is 1.16 bits per heavy atom. The van der Waals surface area contributed by atoms with Crippen LogP contribution in [0.1, 0.15) is 31.2 Å². The molecule has 0 unspecified atom stereocenters. The zero-order valence-electron chi connectivity index (χ0n) is 11.1. The van der Waals surface area contributed by atoms with Gasteiger partial charge in [-0.15, -0.1) is 0 Å². The van der Waals surface area contributed by atoms with Crippen molar-refractivity contribution in [1.29, 1.82) is 0 Å². The minimum Gasteiger partial charge on any atom is -0.334 e. The van der Waals surface area contributed by atoms with Crippen LogP contribution < -0.4 is 0 Å². The van der Waals surface area contributed by atoms with Gasteiger partial charge in [0.15, 0.2) is 0 Å². The van der Waals surface area contributed by atoms with Crippen LogP contribution in [0.5, 0.6) is 0 Å². The van der Waals surface area contributed by atoms with Crippen molar-refractivity contribution in [3.63, 3.8) is 0 Å². The smallest absolute Gasteiger partial charge is 0.233 e. The number of benzene rings is 1. The number of carbonyl (C=O) groups excluding carboxylic acids is 1. The third kappa shape index (κ3) is 3.19. The largest absolute Gasteiger partial charge is 0.334 e. The third-order valence-electron chi connectivity index (χ3n) is 4.20. The number of nitrogens with zero attached hydrogens (tertiary/aromatic N) is 1. The van der Waals surface area contributed by atoms with Gasteiger partial charge in [0.2, 0.25) is 5.91 Å². The summed E-state index contributed by atoms with van der Waals surface area (Å²) in [6, 6.07) is 10.9. The molecule has 1 aromatic carbocycles. The van der Waals surface area contributed by atoms with E-state index in [0.717, 1.165) is 18.4 Å². The zero-order chi connectivity index (χ0) is 13.2. The highest BCUT2D eigenvalue weighted by Gasteiger charge is 2.45. The molecule has 2 nitrogen and oxygen atoms in total. The molecule has 0 aliphatic heterocycles. The lowest BCUT2D eigenvalue weighted by atomic mass is 10.0. The number of halogens is 1. The van der Waals surface area contributed by atoms with Crippen molar-refractivity contribution in [3.8, 4) is 0 Å². The molecule has 2 aliphatic carbocycles. The predicted molar refractivity (Wildman–Crippen MR) is 80.0 cm³/mol. The summed E-state index contributed by atoms with van der Waals surface area (Å²) < 4.78 is 0. The van der Waals surface area contributed by atoms with Gasteiger partial charge in [0.25, 0.3) is 0 Å². The SMILES string of the molecule is O=C(CBr)N(Cc1ccccc1)C(C1CC1)C1CC1. The molecule has 0 heterocycles. The average molecular weight is 322 g/mol. The molecule has 19 heavy (non-hydrogen) atoms. The van der Waals surface area contributed by atoms with E-state index in [-0.39, 0.29) is 5.91 Å². The second-order valence-electron chi connectivity index (χ2n) is 5.81. The quantitative estimate of drug-likeness (QED) is 0.733.